The largest absolute Gasteiger partial charge is 0.459 e. The summed E-state index contributed by atoms with van der Waals surface area (Å²) in [4.78, 5) is 34.5. The predicted octanol–water partition coefficient (Wildman–Crippen LogP) is 3.11. The Labute approximate surface area is 135 Å². The molecular weight excluding hydrogens is 300 g/mol. The molecule has 0 unspecified atom stereocenters. The lowest BCUT2D eigenvalue weighted by Crippen LogP contribution is -2.10. The zero-order valence-electron chi connectivity index (χ0n) is 13.8. The highest BCUT2D eigenvalue weighted by Gasteiger charge is 2.09. The van der Waals surface area contributed by atoms with Crippen LogP contribution >= 0.6 is 0 Å². The molecule has 128 valence electrons. The molecule has 0 aliphatic rings. The molecule has 0 aromatic carbocycles. The van der Waals surface area contributed by atoms with Crippen molar-refractivity contribution in [2.75, 3.05) is 0 Å². The minimum absolute atomic E-state index is 0.102. The van der Waals surface area contributed by atoms with Crippen LogP contribution in [0.5, 0.6) is 0 Å². The number of carbonyl (C=O) groups is 2. The van der Waals surface area contributed by atoms with E-state index in [0.717, 1.165) is 25.7 Å². The van der Waals surface area contributed by atoms with Gasteiger partial charge in [0.2, 0.25) is 0 Å². The molecule has 0 bridgehead atoms. The Bertz CT molecular complexity index is 515. The molecule has 0 saturated heterocycles. The zero-order valence-corrected chi connectivity index (χ0v) is 13.8. The number of esters is 2. The van der Waals surface area contributed by atoms with Crippen molar-refractivity contribution in [2.24, 2.45) is 0 Å². The molecule has 0 aliphatic carbocycles. The molecule has 23 heavy (non-hydrogen) atoms. The number of unbranched alkanes of at least 4 members (excludes halogenated alkanes) is 2. The summed E-state index contributed by atoms with van der Waals surface area (Å²) in [5.74, 6) is -0.180. The lowest BCUT2D eigenvalue weighted by Gasteiger charge is -2.07. The molecular formula is C17H24O6. The smallest absolute Gasteiger partial charge is 0.306 e. The predicted molar refractivity (Wildman–Crippen MR) is 83.6 cm³/mol. The van der Waals surface area contributed by atoms with Gasteiger partial charge in [0.15, 0.2) is 5.43 Å². The second-order valence-electron chi connectivity index (χ2n) is 5.25. The fourth-order valence-electron chi connectivity index (χ4n) is 1.82. The van der Waals surface area contributed by atoms with Gasteiger partial charge in [-0.3, -0.25) is 14.4 Å². The van der Waals surface area contributed by atoms with Crippen LogP contribution in [-0.2, 0) is 32.3 Å². The van der Waals surface area contributed by atoms with Crippen molar-refractivity contribution < 1.29 is 23.5 Å². The topological polar surface area (TPSA) is 82.8 Å². The van der Waals surface area contributed by atoms with Gasteiger partial charge in [-0.05, 0) is 12.8 Å². The number of rotatable bonds is 10. The monoisotopic (exact) mass is 324 g/mol. The van der Waals surface area contributed by atoms with Crippen molar-refractivity contribution >= 4 is 11.9 Å². The van der Waals surface area contributed by atoms with E-state index in [4.69, 9.17) is 13.9 Å². The molecule has 0 fully saturated rings. The van der Waals surface area contributed by atoms with Crippen molar-refractivity contribution in [1.29, 1.82) is 0 Å². The summed E-state index contributed by atoms with van der Waals surface area (Å²) in [6.45, 7) is 3.76. The van der Waals surface area contributed by atoms with Crippen molar-refractivity contribution in [1.82, 2.24) is 0 Å². The summed E-state index contributed by atoms with van der Waals surface area (Å²) in [7, 11) is 0. The van der Waals surface area contributed by atoms with E-state index in [1.165, 1.54) is 12.1 Å². The van der Waals surface area contributed by atoms with E-state index in [2.05, 4.69) is 0 Å². The van der Waals surface area contributed by atoms with Crippen LogP contribution in [-0.4, -0.2) is 11.9 Å². The van der Waals surface area contributed by atoms with Gasteiger partial charge in [0, 0.05) is 25.0 Å². The Morgan fingerprint density at radius 1 is 0.913 bits per heavy atom. The molecule has 1 heterocycles. The molecule has 1 aromatic rings. The fourth-order valence-corrected chi connectivity index (χ4v) is 1.82. The molecule has 0 N–H and O–H groups in total. The SMILES string of the molecule is CCCCC(=O)OCc1cc(=O)cc(COC(=O)CCCC)o1. The normalized spacial score (nSPS) is 10.3. The third-order valence-electron chi connectivity index (χ3n) is 3.09. The highest BCUT2D eigenvalue weighted by atomic mass is 16.5. The van der Waals surface area contributed by atoms with Gasteiger partial charge in [0.25, 0.3) is 0 Å². The van der Waals surface area contributed by atoms with Crippen molar-refractivity contribution in [3.8, 4) is 0 Å². The summed E-state index contributed by atoms with van der Waals surface area (Å²) < 4.78 is 15.5. The Kier molecular flexibility index (Phi) is 8.72. The molecule has 0 spiro atoms. The van der Waals surface area contributed by atoms with Gasteiger partial charge >= 0.3 is 11.9 Å². The van der Waals surface area contributed by atoms with Crippen LogP contribution in [0.4, 0.5) is 0 Å². The molecule has 0 radical (unpaired) electrons. The average Bonchev–Trinajstić information content (AvgIpc) is 2.53. The average molecular weight is 324 g/mol. The van der Waals surface area contributed by atoms with Crippen LogP contribution in [0.3, 0.4) is 0 Å². The molecule has 0 atom stereocenters. The molecule has 0 saturated carbocycles. The minimum atomic E-state index is -0.328. The Hall–Kier alpha value is -2.11. The molecule has 6 heteroatoms. The van der Waals surface area contributed by atoms with Crippen LogP contribution in [0.15, 0.2) is 21.3 Å². The Balaban J connectivity index is 2.53. The van der Waals surface area contributed by atoms with Crippen LogP contribution in [0, 0.1) is 0 Å². The molecule has 0 aliphatic heterocycles. The van der Waals surface area contributed by atoms with E-state index in [9.17, 15) is 14.4 Å². The quantitative estimate of drug-likeness (QED) is 0.615. The zero-order chi connectivity index (χ0) is 17.1. The Morgan fingerprint density at radius 3 is 1.74 bits per heavy atom. The highest BCUT2D eigenvalue weighted by Crippen LogP contribution is 2.08. The number of hydrogen-bond donors (Lipinski definition) is 0. The van der Waals surface area contributed by atoms with Gasteiger partial charge in [-0.25, -0.2) is 0 Å². The first-order valence-corrected chi connectivity index (χ1v) is 7.99. The molecule has 1 rings (SSSR count). The van der Waals surface area contributed by atoms with E-state index in [1.807, 2.05) is 13.8 Å². The molecule has 0 amide bonds. The third kappa shape index (κ3) is 8.18. The second-order valence-corrected chi connectivity index (χ2v) is 5.25. The lowest BCUT2D eigenvalue weighted by molar-refractivity contribution is -0.145. The Morgan fingerprint density at radius 2 is 1.35 bits per heavy atom. The van der Waals surface area contributed by atoms with Crippen LogP contribution in [0.2, 0.25) is 0 Å². The second kappa shape index (κ2) is 10.6. The first-order chi connectivity index (χ1) is 11.0. The van der Waals surface area contributed by atoms with Crippen molar-refractivity contribution in [3.05, 3.63) is 33.9 Å². The van der Waals surface area contributed by atoms with E-state index < -0.39 is 0 Å². The molecule has 1 aromatic heterocycles. The third-order valence-corrected chi connectivity index (χ3v) is 3.09. The summed E-state index contributed by atoms with van der Waals surface area (Å²) in [6.07, 6.45) is 4.02. The molecule has 6 nitrogen and oxygen atoms in total. The summed E-state index contributed by atoms with van der Waals surface area (Å²) in [5.41, 5.74) is -0.282. The van der Waals surface area contributed by atoms with Crippen LogP contribution < -0.4 is 5.43 Å². The van der Waals surface area contributed by atoms with Gasteiger partial charge in [-0.2, -0.15) is 0 Å². The summed E-state index contributed by atoms with van der Waals surface area (Å²) in [6, 6.07) is 2.52. The number of ether oxygens (including phenoxy) is 2. The van der Waals surface area contributed by atoms with Gasteiger partial charge in [-0.1, -0.05) is 26.7 Å². The maximum Gasteiger partial charge on any atom is 0.306 e. The fraction of sp³-hybridized carbons (Fsp3) is 0.588. The van der Waals surface area contributed by atoms with Crippen molar-refractivity contribution in [2.45, 2.75) is 65.6 Å². The number of hydrogen-bond acceptors (Lipinski definition) is 6. The van der Waals surface area contributed by atoms with Crippen LogP contribution in [0.25, 0.3) is 0 Å². The maximum absolute atomic E-state index is 11.6. The minimum Gasteiger partial charge on any atom is -0.459 e. The maximum atomic E-state index is 11.6. The summed E-state index contributed by atoms with van der Waals surface area (Å²) >= 11 is 0. The van der Waals surface area contributed by atoms with Gasteiger partial charge < -0.3 is 13.9 Å². The van der Waals surface area contributed by atoms with Gasteiger partial charge in [-0.15, -0.1) is 0 Å². The number of carbonyl (C=O) groups excluding carboxylic acids is 2. The summed E-state index contributed by atoms with van der Waals surface area (Å²) in [5, 5.41) is 0. The highest BCUT2D eigenvalue weighted by molar-refractivity contribution is 5.69. The standard InChI is InChI=1S/C17H24O6/c1-3-5-7-16(19)21-11-14-9-13(18)10-15(23-14)12-22-17(20)8-6-4-2/h9-10H,3-8,11-12H2,1-2H3. The van der Waals surface area contributed by atoms with E-state index in [0.29, 0.717) is 12.8 Å². The van der Waals surface area contributed by atoms with Crippen molar-refractivity contribution in [3.63, 3.8) is 0 Å². The van der Waals surface area contributed by atoms with E-state index in [1.54, 1.807) is 0 Å². The van der Waals surface area contributed by atoms with E-state index >= 15 is 0 Å². The lowest BCUT2D eigenvalue weighted by atomic mass is 10.2. The van der Waals surface area contributed by atoms with Gasteiger partial charge in [0.05, 0.1) is 0 Å². The van der Waals surface area contributed by atoms with E-state index in [-0.39, 0.29) is 42.1 Å². The first-order valence-electron chi connectivity index (χ1n) is 7.99. The van der Waals surface area contributed by atoms with Gasteiger partial charge in [0.1, 0.15) is 24.7 Å². The first kappa shape index (κ1) is 18.9. The van der Waals surface area contributed by atoms with Crippen LogP contribution in [0.1, 0.15) is 63.9 Å².